The van der Waals surface area contributed by atoms with E-state index in [1.54, 1.807) is 6.33 Å². The molecular weight excluding hydrogens is 312 g/mol. The van der Waals surface area contributed by atoms with E-state index in [9.17, 15) is 0 Å². The first-order valence-corrected chi connectivity index (χ1v) is 8.10. The second-order valence-electron chi connectivity index (χ2n) is 6.30. The molecule has 4 rings (SSSR count). The molecule has 0 saturated heterocycles. The Morgan fingerprint density at radius 3 is 2.76 bits per heavy atom. The molecule has 0 atom stereocenters. The van der Waals surface area contributed by atoms with Gasteiger partial charge in [0.1, 0.15) is 5.82 Å². The lowest BCUT2D eigenvalue weighted by Crippen LogP contribution is -2.08. The summed E-state index contributed by atoms with van der Waals surface area (Å²) in [7, 11) is 6.04. The molecule has 0 aliphatic heterocycles. The Hall–Kier alpha value is -3.28. The zero-order valence-corrected chi connectivity index (χ0v) is 14.5. The fourth-order valence-corrected chi connectivity index (χ4v) is 2.86. The lowest BCUT2D eigenvalue weighted by Gasteiger charge is -2.14. The van der Waals surface area contributed by atoms with Crippen LogP contribution in [-0.4, -0.2) is 33.6 Å². The minimum atomic E-state index is 0.807. The highest BCUT2D eigenvalue weighted by molar-refractivity contribution is 5.86. The summed E-state index contributed by atoms with van der Waals surface area (Å²) in [6.45, 7) is 0. The number of anilines is 3. The molecule has 4 aromatic rings. The molecule has 0 aliphatic rings. The molecule has 0 fully saturated rings. The normalized spacial score (nSPS) is 11.0. The summed E-state index contributed by atoms with van der Waals surface area (Å²) in [4.78, 5) is 14.2. The van der Waals surface area contributed by atoms with Crippen molar-refractivity contribution in [1.82, 2.24) is 19.5 Å². The van der Waals surface area contributed by atoms with E-state index < -0.39 is 0 Å². The van der Waals surface area contributed by atoms with E-state index in [-0.39, 0.29) is 0 Å². The summed E-state index contributed by atoms with van der Waals surface area (Å²) in [6, 6.07) is 12.4. The molecule has 0 spiro atoms. The van der Waals surface area contributed by atoms with Crippen molar-refractivity contribution >= 4 is 28.1 Å². The van der Waals surface area contributed by atoms with Crippen LogP contribution >= 0.6 is 0 Å². The van der Waals surface area contributed by atoms with Crippen LogP contribution in [0, 0.1) is 0 Å². The van der Waals surface area contributed by atoms with Gasteiger partial charge < -0.3 is 19.8 Å². The molecule has 6 heteroatoms. The number of rotatable bonds is 4. The molecule has 6 nitrogen and oxygen atoms in total. The van der Waals surface area contributed by atoms with Gasteiger partial charge in [-0.05, 0) is 24.3 Å². The van der Waals surface area contributed by atoms with Crippen LogP contribution in [0.1, 0.15) is 0 Å². The van der Waals surface area contributed by atoms with Gasteiger partial charge in [-0.2, -0.15) is 0 Å². The number of pyridine rings is 1. The number of H-pyrrole nitrogens is 1. The van der Waals surface area contributed by atoms with Crippen LogP contribution in [-0.2, 0) is 7.05 Å². The Bertz CT molecular complexity index is 1030. The van der Waals surface area contributed by atoms with Gasteiger partial charge in [-0.3, -0.25) is 0 Å². The van der Waals surface area contributed by atoms with E-state index in [1.807, 2.05) is 56.3 Å². The molecule has 0 radical (unpaired) electrons. The molecule has 0 aliphatic carbocycles. The molecule has 0 bridgehead atoms. The van der Waals surface area contributed by atoms with Crippen molar-refractivity contribution in [2.75, 3.05) is 24.3 Å². The van der Waals surface area contributed by atoms with E-state index in [1.165, 1.54) is 0 Å². The van der Waals surface area contributed by atoms with Gasteiger partial charge >= 0.3 is 0 Å². The average molecular weight is 332 g/mol. The van der Waals surface area contributed by atoms with Gasteiger partial charge in [-0.1, -0.05) is 6.07 Å². The number of imidazole rings is 1. The fourth-order valence-electron chi connectivity index (χ4n) is 2.86. The van der Waals surface area contributed by atoms with Crippen LogP contribution in [0.4, 0.5) is 17.2 Å². The number of hydrogen-bond acceptors (Lipinski definition) is 4. The van der Waals surface area contributed by atoms with Gasteiger partial charge in [0.25, 0.3) is 0 Å². The predicted molar refractivity (Wildman–Crippen MR) is 102 cm³/mol. The Morgan fingerprint density at radius 1 is 1.12 bits per heavy atom. The van der Waals surface area contributed by atoms with Crippen molar-refractivity contribution in [2.24, 2.45) is 7.05 Å². The van der Waals surface area contributed by atoms with Crippen LogP contribution in [0.3, 0.4) is 0 Å². The zero-order valence-electron chi connectivity index (χ0n) is 14.5. The zero-order chi connectivity index (χ0) is 17.4. The van der Waals surface area contributed by atoms with Crippen LogP contribution in [0.2, 0.25) is 0 Å². The van der Waals surface area contributed by atoms with Gasteiger partial charge in [0.05, 0.1) is 29.4 Å². The number of aromatic amines is 1. The van der Waals surface area contributed by atoms with Crippen LogP contribution in [0.5, 0.6) is 0 Å². The topological polar surface area (TPSA) is 61.8 Å². The van der Waals surface area contributed by atoms with Gasteiger partial charge in [0.15, 0.2) is 0 Å². The van der Waals surface area contributed by atoms with Crippen molar-refractivity contribution < 1.29 is 0 Å². The SMILES string of the molecule is CN(C)c1cccc(Nc2cc3[nH]c(-c4cncn4C)cc3cn2)c1. The first kappa shape index (κ1) is 15.3. The fraction of sp³-hybridized carbons (Fsp3) is 0.158. The predicted octanol–water partition coefficient (Wildman–Crippen LogP) is 3.77. The van der Waals surface area contributed by atoms with Crippen LogP contribution < -0.4 is 10.2 Å². The number of nitrogens with zero attached hydrogens (tertiary/aromatic N) is 4. The number of aryl methyl sites for hydroxylation is 1. The van der Waals surface area contributed by atoms with Gasteiger partial charge in [-0.15, -0.1) is 0 Å². The highest BCUT2D eigenvalue weighted by Crippen LogP contribution is 2.26. The summed E-state index contributed by atoms with van der Waals surface area (Å²) in [5.41, 5.74) is 5.27. The van der Waals surface area contributed by atoms with E-state index in [0.29, 0.717) is 0 Å². The second kappa shape index (κ2) is 5.98. The highest BCUT2D eigenvalue weighted by Gasteiger charge is 2.08. The van der Waals surface area contributed by atoms with Crippen LogP contribution in [0.25, 0.3) is 22.3 Å². The Balaban J connectivity index is 1.65. The van der Waals surface area contributed by atoms with Crippen molar-refractivity contribution in [3.8, 4) is 11.4 Å². The number of nitrogens with one attached hydrogen (secondary N) is 2. The lowest BCUT2D eigenvalue weighted by molar-refractivity contribution is 0.918. The number of aromatic nitrogens is 4. The first-order valence-electron chi connectivity index (χ1n) is 8.10. The molecule has 25 heavy (non-hydrogen) atoms. The molecule has 3 heterocycles. The maximum atomic E-state index is 4.53. The smallest absolute Gasteiger partial charge is 0.132 e. The number of benzene rings is 1. The minimum absolute atomic E-state index is 0.807. The molecule has 0 amide bonds. The largest absolute Gasteiger partial charge is 0.378 e. The van der Waals surface area contributed by atoms with E-state index >= 15 is 0 Å². The lowest BCUT2D eigenvalue weighted by atomic mass is 10.2. The summed E-state index contributed by atoms with van der Waals surface area (Å²) < 4.78 is 1.99. The van der Waals surface area contributed by atoms with Crippen molar-refractivity contribution in [3.63, 3.8) is 0 Å². The van der Waals surface area contributed by atoms with Gasteiger partial charge in [0, 0.05) is 50.2 Å². The molecule has 126 valence electrons. The molecule has 1 aromatic carbocycles. The average Bonchev–Trinajstić information content (AvgIpc) is 3.20. The van der Waals surface area contributed by atoms with E-state index in [0.717, 1.165) is 39.5 Å². The summed E-state index contributed by atoms with van der Waals surface area (Å²) in [6.07, 6.45) is 5.53. The summed E-state index contributed by atoms with van der Waals surface area (Å²) >= 11 is 0. The minimum Gasteiger partial charge on any atom is -0.378 e. The summed E-state index contributed by atoms with van der Waals surface area (Å²) in [5, 5.41) is 4.44. The number of hydrogen-bond donors (Lipinski definition) is 2. The monoisotopic (exact) mass is 332 g/mol. The standard InChI is InChI=1S/C19H20N6/c1-24(2)15-6-4-5-14(8-15)22-19-9-16-13(10-21-19)7-17(23-16)18-11-20-12-25(18)3/h4-12,23H,1-3H3,(H,21,22). The second-order valence-corrected chi connectivity index (χ2v) is 6.30. The molecule has 0 saturated carbocycles. The maximum absolute atomic E-state index is 4.53. The van der Waals surface area contributed by atoms with E-state index in [4.69, 9.17) is 0 Å². The van der Waals surface area contributed by atoms with Gasteiger partial charge in [0.2, 0.25) is 0 Å². The molecular formula is C19H20N6. The van der Waals surface area contributed by atoms with Crippen molar-refractivity contribution in [1.29, 1.82) is 0 Å². The third-order valence-electron chi connectivity index (χ3n) is 4.23. The Labute approximate surface area is 146 Å². The Morgan fingerprint density at radius 2 is 2.00 bits per heavy atom. The molecule has 0 unspecified atom stereocenters. The van der Waals surface area contributed by atoms with Crippen molar-refractivity contribution in [3.05, 3.63) is 55.1 Å². The highest BCUT2D eigenvalue weighted by atomic mass is 15.1. The van der Waals surface area contributed by atoms with Crippen molar-refractivity contribution in [2.45, 2.75) is 0 Å². The molecule has 3 aromatic heterocycles. The van der Waals surface area contributed by atoms with Gasteiger partial charge in [-0.25, -0.2) is 9.97 Å². The summed E-state index contributed by atoms with van der Waals surface area (Å²) in [5.74, 6) is 0.807. The van der Waals surface area contributed by atoms with E-state index in [2.05, 4.69) is 43.4 Å². The maximum Gasteiger partial charge on any atom is 0.132 e. The van der Waals surface area contributed by atoms with Crippen LogP contribution in [0.15, 0.2) is 55.1 Å². The third kappa shape index (κ3) is 2.94. The first-order chi connectivity index (χ1) is 12.1. The Kier molecular flexibility index (Phi) is 3.65. The quantitative estimate of drug-likeness (QED) is 0.597. The molecule has 2 N–H and O–H groups in total. The number of fused-ring (bicyclic) bond motifs is 1. The third-order valence-corrected chi connectivity index (χ3v) is 4.23.